The van der Waals surface area contributed by atoms with Gasteiger partial charge in [-0.15, -0.1) is 0 Å². The highest BCUT2D eigenvalue weighted by molar-refractivity contribution is 5.97. The molecule has 3 rings (SSSR count). The third-order valence-electron chi connectivity index (χ3n) is 4.68. The predicted molar refractivity (Wildman–Crippen MR) is 96.4 cm³/mol. The molecule has 0 aliphatic carbocycles. The number of nitrogens with zero attached hydrogens (tertiary/aromatic N) is 2. The summed E-state index contributed by atoms with van der Waals surface area (Å²) in [4.78, 5) is 26.5. The number of nitro benzene ring substituents is 1. The SMILES string of the molecule is COc1ccc([N+](=O)[O-])cc1C(=O)N1CC[NH+](Cc2ccccc2)CC1. The van der Waals surface area contributed by atoms with Crippen molar-refractivity contribution in [3.8, 4) is 5.75 Å². The van der Waals surface area contributed by atoms with E-state index in [4.69, 9.17) is 4.74 Å². The van der Waals surface area contributed by atoms with Crippen molar-refractivity contribution in [1.82, 2.24) is 4.90 Å². The monoisotopic (exact) mass is 356 g/mol. The highest BCUT2D eigenvalue weighted by Gasteiger charge is 2.27. The van der Waals surface area contributed by atoms with Crippen LogP contribution in [0.25, 0.3) is 0 Å². The molecule has 1 aliphatic heterocycles. The number of non-ortho nitro benzene ring substituents is 1. The van der Waals surface area contributed by atoms with Crippen LogP contribution in [0.2, 0.25) is 0 Å². The summed E-state index contributed by atoms with van der Waals surface area (Å²) in [6, 6.07) is 14.4. The van der Waals surface area contributed by atoms with Gasteiger partial charge in [-0.1, -0.05) is 30.3 Å². The second-order valence-corrected chi connectivity index (χ2v) is 6.35. The maximum Gasteiger partial charge on any atom is 0.270 e. The topological polar surface area (TPSA) is 77.1 Å². The van der Waals surface area contributed by atoms with Crippen LogP contribution >= 0.6 is 0 Å². The van der Waals surface area contributed by atoms with Gasteiger partial charge in [0.15, 0.2) is 0 Å². The summed E-state index contributed by atoms with van der Waals surface area (Å²) in [5.74, 6) is 0.143. The van der Waals surface area contributed by atoms with Crippen LogP contribution in [0.4, 0.5) is 5.69 Å². The van der Waals surface area contributed by atoms with Gasteiger partial charge in [0.2, 0.25) is 0 Å². The van der Waals surface area contributed by atoms with Gasteiger partial charge in [0, 0.05) is 17.7 Å². The molecular formula is C19H22N3O4+. The lowest BCUT2D eigenvalue weighted by Gasteiger charge is -2.32. The van der Waals surface area contributed by atoms with Gasteiger partial charge in [-0.25, -0.2) is 0 Å². The molecule has 136 valence electrons. The quantitative estimate of drug-likeness (QED) is 0.644. The number of benzene rings is 2. The molecule has 1 saturated heterocycles. The number of hydrogen-bond acceptors (Lipinski definition) is 4. The molecule has 0 unspecified atom stereocenters. The number of hydrogen-bond donors (Lipinski definition) is 1. The average molecular weight is 356 g/mol. The van der Waals surface area contributed by atoms with E-state index in [2.05, 4.69) is 12.1 Å². The Morgan fingerprint density at radius 1 is 1.19 bits per heavy atom. The minimum Gasteiger partial charge on any atom is -0.496 e. The van der Waals surface area contributed by atoms with Crippen LogP contribution in [0.1, 0.15) is 15.9 Å². The molecule has 1 amide bonds. The molecule has 1 heterocycles. The lowest BCUT2D eigenvalue weighted by Crippen LogP contribution is -3.13. The first kappa shape index (κ1) is 17.9. The second kappa shape index (κ2) is 7.97. The molecule has 2 aromatic carbocycles. The van der Waals surface area contributed by atoms with Gasteiger partial charge < -0.3 is 14.5 Å². The zero-order valence-electron chi connectivity index (χ0n) is 14.7. The van der Waals surface area contributed by atoms with E-state index in [1.165, 1.54) is 35.8 Å². The van der Waals surface area contributed by atoms with E-state index in [1.807, 2.05) is 18.2 Å². The van der Waals surface area contributed by atoms with Crippen LogP contribution in [0.15, 0.2) is 48.5 Å². The molecule has 1 fully saturated rings. The van der Waals surface area contributed by atoms with E-state index < -0.39 is 4.92 Å². The third-order valence-corrected chi connectivity index (χ3v) is 4.68. The minimum absolute atomic E-state index is 0.109. The van der Waals surface area contributed by atoms with Gasteiger partial charge in [0.05, 0.1) is 43.8 Å². The Hall–Kier alpha value is -2.93. The Kier molecular flexibility index (Phi) is 5.48. The minimum atomic E-state index is -0.502. The van der Waals surface area contributed by atoms with Crippen molar-refractivity contribution in [2.75, 3.05) is 33.3 Å². The highest BCUT2D eigenvalue weighted by atomic mass is 16.6. The number of methoxy groups -OCH3 is 1. The Labute approximate surface area is 151 Å². The number of piperazine rings is 1. The molecule has 1 aliphatic rings. The smallest absolute Gasteiger partial charge is 0.270 e. The fourth-order valence-corrected chi connectivity index (χ4v) is 3.23. The lowest BCUT2D eigenvalue weighted by atomic mass is 10.1. The standard InChI is InChI=1S/C19H21N3O4/c1-26-18-8-7-16(22(24)25)13-17(18)19(23)21-11-9-20(10-12-21)14-15-5-3-2-4-6-15/h2-8,13H,9-12,14H2,1H3/p+1. The molecule has 0 spiro atoms. The maximum atomic E-state index is 12.8. The van der Waals surface area contributed by atoms with Crippen LogP contribution in [0.5, 0.6) is 5.75 Å². The first-order valence-corrected chi connectivity index (χ1v) is 8.57. The average Bonchev–Trinajstić information content (AvgIpc) is 2.68. The maximum absolute atomic E-state index is 12.8. The molecule has 0 saturated carbocycles. The summed E-state index contributed by atoms with van der Waals surface area (Å²) in [6.45, 7) is 3.86. The predicted octanol–water partition coefficient (Wildman–Crippen LogP) is 1.14. The first-order chi connectivity index (χ1) is 12.6. The molecule has 2 aromatic rings. The van der Waals surface area contributed by atoms with Crippen LogP contribution in [0.3, 0.4) is 0 Å². The van der Waals surface area contributed by atoms with E-state index in [0.29, 0.717) is 18.8 Å². The molecule has 7 nitrogen and oxygen atoms in total. The van der Waals surface area contributed by atoms with Gasteiger partial charge in [0.25, 0.3) is 11.6 Å². The van der Waals surface area contributed by atoms with E-state index in [1.54, 1.807) is 4.90 Å². The summed E-state index contributed by atoms with van der Waals surface area (Å²) in [6.07, 6.45) is 0. The van der Waals surface area contributed by atoms with Crippen molar-refractivity contribution in [3.63, 3.8) is 0 Å². The van der Waals surface area contributed by atoms with Gasteiger partial charge >= 0.3 is 0 Å². The van der Waals surface area contributed by atoms with Crippen LogP contribution in [-0.4, -0.2) is 49.0 Å². The normalized spacial score (nSPS) is 14.9. The summed E-state index contributed by atoms with van der Waals surface area (Å²) in [5, 5.41) is 11.0. The Morgan fingerprint density at radius 3 is 2.50 bits per heavy atom. The van der Waals surface area contributed by atoms with E-state index in [0.717, 1.165) is 19.6 Å². The highest BCUT2D eigenvalue weighted by Crippen LogP contribution is 2.25. The summed E-state index contributed by atoms with van der Waals surface area (Å²) in [5.41, 5.74) is 1.42. The number of carbonyl (C=O) groups excluding carboxylic acids is 1. The van der Waals surface area contributed by atoms with Gasteiger partial charge in [0.1, 0.15) is 12.3 Å². The molecule has 0 aromatic heterocycles. The number of rotatable bonds is 5. The number of ether oxygens (including phenoxy) is 1. The second-order valence-electron chi connectivity index (χ2n) is 6.35. The lowest BCUT2D eigenvalue weighted by molar-refractivity contribution is -0.917. The fourth-order valence-electron chi connectivity index (χ4n) is 3.23. The molecule has 26 heavy (non-hydrogen) atoms. The molecule has 7 heteroatoms. The zero-order valence-corrected chi connectivity index (χ0v) is 14.7. The number of nitro groups is 1. The largest absolute Gasteiger partial charge is 0.496 e. The summed E-state index contributed by atoms with van der Waals surface area (Å²) < 4.78 is 5.22. The van der Waals surface area contributed by atoms with Crippen molar-refractivity contribution in [3.05, 3.63) is 69.8 Å². The van der Waals surface area contributed by atoms with E-state index >= 15 is 0 Å². The van der Waals surface area contributed by atoms with Gasteiger partial charge in [-0.05, 0) is 6.07 Å². The molecule has 1 N–H and O–H groups in total. The zero-order chi connectivity index (χ0) is 18.5. The summed E-state index contributed by atoms with van der Waals surface area (Å²) >= 11 is 0. The summed E-state index contributed by atoms with van der Waals surface area (Å²) in [7, 11) is 1.46. The van der Waals surface area contributed by atoms with Crippen molar-refractivity contribution in [1.29, 1.82) is 0 Å². The van der Waals surface area contributed by atoms with Crippen LogP contribution in [0, 0.1) is 10.1 Å². The Bertz CT molecular complexity index is 787. The van der Waals surface area contributed by atoms with Crippen LogP contribution < -0.4 is 9.64 Å². The number of amides is 1. The van der Waals surface area contributed by atoms with E-state index in [9.17, 15) is 14.9 Å². The van der Waals surface area contributed by atoms with E-state index in [-0.39, 0.29) is 17.2 Å². The first-order valence-electron chi connectivity index (χ1n) is 8.57. The van der Waals surface area contributed by atoms with Gasteiger partial charge in [-0.2, -0.15) is 0 Å². The third kappa shape index (κ3) is 4.00. The van der Waals surface area contributed by atoms with Gasteiger partial charge in [-0.3, -0.25) is 14.9 Å². The fraction of sp³-hybridized carbons (Fsp3) is 0.316. The van der Waals surface area contributed by atoms with Crippen molar-refractivity contribution in [2.24, 2.45) is 0 Å². The number of quaternary nitrogens is 1. The molecular weight excluding hydrogens is 334 g/mol. The van der Waals surface area contributed by atoms with Crippen molar-refractivity contribution < 1.29 is 19.4 Å². The Balaban J connectivity index is 1.67. The number of nitrogens with one attached hydrogen (secondary N) is 1. The Morgan fingerprint density at radius 2 is 1.88 bits per heavy atom. The molecule has 0 bridgehead atoms. The molecule has 0 radical (unpaired) electrons. The number of carbonyl (C=O) groups is 1. The van der Waals surface area contributed by atoms with Crippen LogP contribution in [-0.2, 0) is 6.54 Å². The van der Waals surface area contributed by atoms with Crippen molar-refractivity contribution >= 4 is 11.6 Å². The molecule has 0 atom stereocenters. The van der Waals surface area contributed by atoms with Crippen molar-refractivity contribution in [2.45, 2.75) is 6.54 Å².